The van der Waals surface area contributed by atoms with Gasteiger partial charge in [-0.25, -0.2) is 9.59 Å². The van der Waals surface area contributed by atoms with Crippen LogP contribution >= 0.6 is 0 Å². The summed E-state index contributed by atoms with van der Waals surface area (Å²) in [5.41, 5.74) is -1.27. The first-order valence-electron chi connectivity index (χ1n) is 7.34. The lowest BCUT2D eigenvalue weighted by molar-refractivity contribution is -0.144. The Kier molecular flexibility index (Phi) is 4.52. The Hall–Kier alpha value is -1.30. The number of urea groups is 1. The number of ether oxygens (including phenoxy) is 1. The zero-order valence-corrected chi connectivity index (χ0v) is 12.1. The Morgan fingerprint density at radius 3 is 2.65 bits per heavy atom. The van der Waals surface area contributed by atoms with Crippen LogP contribution in [0.2, 0.25) is 0 Å². The Bertz CT molecular complexity index is 379. The lowest BCUT2D eigenvalue weighted by atomic mass is 9.78. The van der Waals surface area contributed by atoms with Gasteiger partial charge in [0, 0.05) is 19.1 Å². The zero-order valence-electron chi connectivity index (χ0n) is 12.1. The van der Waals surface area contributed by atoms with Gasteiger partial charge in [-0.1, -0.05) is 26.7 Å². The van der Waals surface area contributed by atoms with Gasteiger partial charge in [0.15, 0.2) is 5.54 Å². The molecule has 2 aliphatic rings. The van der Waals surface area contributed by atoms with Crippen molar-refractivity contribution in [3.8, 4) is 0 Å². The number of nitrogens with one attached hydrogen (secondary N) is 2. The van der Waals surface area contributed by atoms with Crippen LogP contribution in [0.1, 0.15) is 39.5 Å². The van der Waals surface area contributed by atoms with Gasteiger partial charge in [0.2, 0.25) is 0 Å². The summed E-state index contributed by atoms with van der Waals surface area (Å²) in [6.45, 7) is 4.73. The third kappa shape index (κ3) is 3.06. The number of carbonyl (C=O) groups is 2. The van der Waals surface area contributed by atoms with Crippen LogP contribution in [0.3, 0.4) is 0 Å². The minimum atomic E-state index is -1.27. The van der Waals surface area contributed by atoms with E-state index < -0.39 is 17.5 Å². The predicted octanol–water partition coefficient (Wildman–Crippen LogP) is 1.35. The molecule has 2 rings (SSSR count). The topological polar surface area (TPSA) is 87.7 Å². The summed E-state index contributed by atoms with van der Waals surface area (Å²) in [6.07, 6.45) is 3.55. The van der Waals surface area contributed by atoms with E-state index in [4.69, 9.17) is 4.74 Å². The van der Waals surface area contributed by atoms with Crippen molar-refractivity contribution in [2.75, 3.05) is 13.2 Å². The second-order valence-electron chi connectivity index (χ2n) is 6.16. The van der Waals surface area contributed by atoms with Crippen molar-refractivity contribution in [2.45, 2.75) is 51.1 Å². The van der Waals surface area contributed by atoms with Crippen LogP contribution in [-0.2, 0) is 9.53 Å². The van der Waals surface area contributed by atoms with Gasteiger partial charge in [0.25, 0.3) is 0 Å². The molecule has 1 saturated carbocycles. The Labute approximate surface area is 119 Å². The van der Waals surface area contributed by atoms with Gasteiger partial charge in [-0.3, -0.25) is 0 Å². The van der Waals surface area contributed by atoms with E-state index in [1.165, 1.54) is 6.42 Å². The molecule has 1 heterocycles. The van der Waals surface area contributed by atoms with Crippen LogP contribution in [0.4, 0.5) is 4.79 Å². The highest BCUT2D eigenvalue weighted by Gasteiger charge is 2.44. The minimum Gasteiger partial charge on any atom is -0.479 e. The molecule has 0 aromatic carbocycles. The number of rotatable bonds is 3. The van der Waals surface area contributed by atoms with E-state index >= 15 is 0 Å². The molecule has 6 nitrogen and oxygen atoms in total. The number of carboxylic acid groups (broad SMARTS) is 1. The molecular formula is C14H24N2O4. The summed E-state index contributed by atoms with van der Waals surface area (Å²) in [7, 11) is 0. The van der Waals surface area contributed by atoms with Crippen molar-refractivity contribution in [3.63, 3.8) is 0 Å². The standard InChI is InChI=1S/C14H24N2O4/c1-9-4-3-5-11(10(9)2)15-13(19)16-14(12(17)18)6-7-20-8-14/h9-11H,3-8H2,1-2H3,(H,17,18)(H2,15,16,19). The number of carboxylic acids is 1. The molecule has 0 aromatic heterocycles. The van der Waals surface area contributed by atoms with Crippen molar-refractivity contribution < 1.29 is 19.4 Å². The summed E-state index contributed by atoms with van der Waals surface area (Å²) in [5.74, 6) is -0.0392. The molecule has 2 amide bonds. The highest BCUT2D eigenvalue weighted by atomic mass is 16.5. The summed E-state index contributed by atoms with van der Waals surface area (Å²) < 4.78 is 5.13. The third-order valence-corrected chi connectivity index (χ3v) is 4.81. The van der Waals surface area contributed by atoms with E-state index in [0.29, 0.717) is 24.9 Å². The Morgan fingerprint density at radius 1 is 1.30 bits per heavy atom. The van der Waals surface area contributed by atoms with E-state index in [1.807, 2.05) is 0 Å². The number of aliphatic carboxylic acids is 1. The molecule has 4 atom stereocenters. The van der Waals surface area contributed by atoms with Crippen LogP contribution in [0.15, 0.2) is 0 Å². The molecular weight excluding hydrogens is 260 g/mol. The second kappa shape index (κ2) is 5.99. The van der Waals surface area contributed by atoms with Gasteiger partial charge >= 0.3 is 12.0 Å². The van der Waals surface area contributed by atoms with E-state index in [1.54, 1.807) is 0 Å². The normalized spacial score (nSPS) is 37.4. The molecule has 114 valence electrons. The lowest BCUT2D eigenvalue weighted by Crippen LogP contribution is -2.59. The van der Waals surface area contributed by atoms with Crippen LogP contribution in [0, 0.1) is 11.8 Å². The number of amides is 2. The number of carbonyl (C=O) groups excluding carboxylic acids is 1. The SMILES string of the molecule is CC1CCCC(NC(=O)NC2(C(=O)O)CCOC2)C1C. The van der Waals surface area contributed by atoms with Gasteiger partial charge in [-0.2, -0.15) is 0 Å². The summed E-state index contributed by atoms with van der Waals surface area (Å²) in [5, 5.41) is 14.8. The first-order chi connectivity index (χ1) is 9.44. The van der Waals surface area contributed by atoms with E-state index in [2.05, 4.69) is 24.5 Å². The van der Waals surface area contributed by atoms with Gasteiger partial charge in [-0.05, 0) is 18.3 Å². The minimum absolute atomic E-state index is 0.0341. The molecule has 0 spiro atoms. The maximum atomic E-state index is 12.1. The number of hydrogen-bond donors (Lipinski definition) is 3. The fraction of sp³-hybridized carbons (Fsp3) is 0.857. The van der Waals surface area contributed by atoms with E-state index in [9.17, 15) is 14.7 Å². The first kappa shape index (κ1) is 15.1. The third-order valence-electron chi connectivity index (χ3n) is 4.81. The van der Waals surface area contributed by atoms with Gasteiger partial charge in [0.1, 0.15) is 0 Å². The molecule has 20 heavy (non-hydrogen) atoms. The quantitative estimate of drug-likeness (QED) is 0.730. The summed E-state index contributed by atoms with van der Waals surface area (Å²) in [6, 6.07) is -0.282. The summed E-state index contributed by atoms with van der Waals surface area (Å²) >= 11 is 0. The number of hydrogen-bond acceptors (Lipinski definition) is 3. The van der Waals surface area contributed by atoms with Gasteiger partial charge in [-0.15, -0.1) is 0 Å². The van der Waals surface area contributed by atoms with Crippen molar-refractivity contribution in [3.05, 3.63) is 0 Å². The van der Waals surface area contributed by atoms with Crippen molar-refractivity contribution >= 4 is 12.0 Å². The highest BCUT2D eigenvalue weighted by Crippen LogP contribution is 2.29. The zero-order chi connectivity index (χ0) is 14.8. The first-order valence-corrected chi connectivity index (χ1v) is 7.34. The van der Waals surface area contributed by atoms with E-state index in [0.717, 1.165) is 12.8 Å². The average Bonchev–Trinajstić information content (AvgIpc) is 2.85. The Morgan fingerprint density at radius 2 is 2.05 bits per heavy atom. The average molecular weight is 284 g/mol. The van der Waals surface area contributed by atoms with Crippen LogP contribution in [-0.4, -0.2) is 41.9 Å². The molecule has 1 aliphatic heterocycles. The van der Waals surface area contributed by atoms with Crippen LogP contribution in [0.25, 0.3) is 0 Å². The maximum Gasteiger partial charge on any atom is 0.332 e. The highest BCUT2D eigenvalue weighted by molar-refractivity contribution is 5.86. The van der Waals surface area contributed by atoms with Crippen molar-refractivity contribution in [1.29, 1.82) is 0 Å². The molecule has 1 aliphatic carbocycles. The molecule has 6 heteroatoms. The largest absolute Gasteiger partial charge is 0.479 e. The second-order valence-corrected chi connectivity index (χ2v) is 6.16. The lowest BCUT2D eigenvalue weighted by Gasteiger charge is -2.35. The molecule has 0 radical (unpaired) electrons. The van der Waals surface area contributed by atoms with Gasteiger partial charge < -0.3 is 20.5 Å². The van der Waals surface area contributed by atoms with Crippen molar-refractivity contribution in [2.24, 2.45) is 11.8 Å². The van der Waals surface area contributed by atoms with Crippen LogP contribution < -0.4 is 10.6 Å². The monoisotopic (exact) mass is 284 g/mol. The maximum absolute atomic E-state index is 12.1. The fourth-order valence-corrected chi connectivity index (χ4v) is 3.09. The predicted molar refractivity (Wildman–Crippen MR) is 73.4 cm³/mol. The molecule has 0 bridgehead atoms. The molecule has 3 N–H and O–H groups in total. The molecule has 0 aromatic rings. The summed E-state index contributed by atoms with van der Waals surface area (Å²) in [4.78, 5) is 23.4. The van der Waals surface area contributed by atoms with Gasteiger partial charge in [0.05, 0.1) is 6.61 Å². The molecule has 4 unspecified atom stereocenters. The molecule has 1 saturated heterocycles. The Balaban J connectivity index is 1.93. The van der Waals surface area contributed by atoms with Crippen LogP contribution in [0.5, 0.6) is 0 Å². The smallest absolute Gasteiger partial charge is 0.332 e. The van der Waals surface area contributed by atoms with Crippen molar-refractivity contribution in [1.82, 2.24) is 10.6 Å². The molecule has 2 fully saturated rings. The fourth-order valence-electron chi connectivity index (χ4n) is 3.09. The van der Waals surface area contributed by atoms with E-state index in [-0.39, 0.29) is 12.6 Å².